The third-order valence-corrected chi connectivity index (χ3v) is 17.7. The summed E-state index contributed by atoms with van der Waals surface area (Å²) in [5, 5.41) is 0. The standard InChI is InChI=1S/C67H76BN3/c1-41-33-58-61-59(34-41)70(62-44(4)37-49(38-45(62)5)65(12,13)14)56-39-46(60-42(2)35-48(36-43(60)3)64(9,10)11)23-29-53(56)68(61)54-30-28-51(40-57(54)69(58)50-26-24-47(25-27-50)63(6,7)8)71-55-22-18-17-21-52(55)66(15)31-19-20-32-67(66,71)16/h17-18,21-30,33-40H,19-20,31-32H2,1-16H3. The molecule has 2 atom stereocenters. The molecule has 71 heavy (non-hydrogen) atoms. The van der Waals surface area contributed by atoms with Crippen LogP contribution < -0.4 is 31.1 Å². The van der Waals surface area contributed by atoms with E-state index in [1.807, 2.05) is 0 Å². The van der Waals surface area contributed by atoms with Crippen LogP contribution >= 0.6 is 0 Å². The number of benzene rings is 7. The maximum absolute atomic E-state index is 2.76. The monoisotopic (exact) mass is 934 g/mol. The van der Waals surface area contributed by atoms with Crippen LogP contribution in [0.1, 0.15) is 152 Å². The third kappa shape index (κ3) is 7.19. The highest BCUT2D eigenvalue weighted by atomic mass is 15.3. The Hall–Kier alpha value is -6.00. The van der Waals surface area contributed by atoms with Gasteiger partial charge in [-0.1, -0.05) is 155 Å². The van der Waals surface area contributed by atoms with E-state index in [0.29, 0.717) is 0 Å². The van der Waals surface area contributed by atoms with Crippen molar-refractivity contribution in [1.82, 2.24) is 0 Å². The van der Waals surface area contributed by atoms with Crippen LogP contribution in [-0.2, 0) is 21.7 Å². The van der Waals surface area contributed by atoms with Crippen LogP contribution in [0.15, 0.2) is 121 Å². The molecule has 4 aliphatic rings. The van der Waals surface area contributed by atoms with E-state index in [2.05, 4.69) is 247 Å². The Labute approximate surface area is 427 Å². The van der Waals surface area contributed by atoms with Gasteiger partial charge >= 0.3 is 0 Å². The van der Waals surface area contributed by atoms with Gasteiger partial charge in [-0.05, 0) is 197 Å². The molecule has 1 aliphatic carbocycles. The molecule has 1 fully saturated rings. The summed E-state index contributed by atoms with van der Waals surface area (Å²) in [7, 11) is 0. The van der Waals surface area contributed by atoms with Crippen LogP contribution in [0.25, 0.3) is 11.1 Å². The molecular formula is C67H76BN3. The second-order valence-electron chi connectivity index (χ2n) is 25.7. The molecule has 3 aliphatic heterocycles. The van der Waals surface area contributed by atoms with Crippen molar-refractivity contribution < 1.29 is 0 Å². The highest BCUT2D eigenvalue weighted by Gasteiger charge is 2.58. The van der Waals surface area contributed by atoms with Crippen molar-refractivity contribution in [3.63, 3.8) is 0 Å². The summed E-state index contributed by atoms with van der Waals surface area (Å²) in [4.78, 5) is 8.05. The fourth-order valence-corrected chi connectivity index (χ4v) is 13.7. The smallest absolute Gasteiger partial charge is 0.252 e. The Morgan fingerprint density at radius 2 is 0.986 bits per heavy atom. The second-order valence-corrected chi connectivity index (χ2v) is 25.7. The van der Waals surface area contributed by atoms with Crippen LogP contribution in [0.2, 0.25) is 0 Å². The van der Waals surface area contributed by atoms with Crippen LogP contribution in [0.5, 0.6) is 0 Å². The van der Waals surface area contributed by atoms with Gasteiger partial charge in [-0.25, -0.2) is 0 Å². The number of aryl methyl sites for hydroxylation is 5. The fourth-order valence-electron chi connectivity index (χ4n) is 13.7. The lowest BCUT2D eigenvalue weighted by Gasteiger charge is -2.50. The van der Waals surface area contributed by atoms with Gasteiger partial charge in [0.25, 0.3) is 6.71 Å². The Morgan fingerprint density at radius 1 is 0.465 bits per heavy atom. The maximum atomic E-state index is 2.76. The Balaban J connectivity index is 1.20. The zero-order chi connectivity index (χ0) is 50.5. The Kier molecular flexibility index (Phi) is 10.7. The zero-order valence-electron chi connectivity index (χ0n) is 45.8. The molecule has 11 rings (SSSR count). The summed E-state index contributed by atoms with van der Waals surface area (Å²) in [5.41, 5.74) is 29.1. The number of hydrogen-bond donors (Lipinski definition) is 0. The summed E-state index contributed by atoms with van der Waals surface area (Å²) in [6.45, 7) is 37.7. The number of fused-ring (bicyclic) bond motifs is 7. The topological polar surface area (TPSA) is 9.72 Å². The maximum Gasteiger partial charge on any atom is 0.252 e. The minimum atomic E-state index is -0.0490. The minimum absolute atomic E-state index is 0.0105. The molecule has 0 amide bonds. The number of rotatable bonds is 4. The van der Waals surface area contributed by atoms with Crippen molar-refractivity contribution in [3.05, 3.63) is 171 Å². The highest BCUT2D eigenvalue weighted by molar-refractivity contribution is 7.00. The van der Waals surface area contributed by atoms with E-state index in [1.165, 1.54) is 149 Å². The van der Waals surface area contributed by atoms with Crippen molar-refractivity contribution >= 4 is 68.6 Å². The Bertz CT molecular complexity index is 3270. The molecular weight excluding hydrogens is 858 g/mol. The molecule has 2 unspecified atom stereocenters. The lowest BCUT2D eigenvalue weighted by Crippen LogP contribution is -2.61. The van der Waals surface area contributed by atoms with Gasteiger partial charge in [0.05, 0.1) is 11.2 Å². The van der Waals surface area contributed by atoms with Gasteiger partial charge in [0.2, 0.25) is 0 Å². The molecule has 0 radical (unpaired) electrons. The number of anilines is 8. The molecule has 4 heteroatoms. The average Bonchev–Trinajstić information content (AvgIpc) is 3.51. The fraction of sp³-hybridized carbons (Fsp3) is 0.373. The molecule has 3 heterocycles. The number of hydrogen-bond acceptors (Lipinski definition) is 3. The summed E-state index contributed by atoms with van der Waals surface area (Å²) in [5.74, 6) is 0. The van der Waals surface area contributed by atoms with Crippen LogP contribution in [0, 0.1) is 34.6 Å². The quantitative estimate of drug-likeness (QED) is 0.163. The van der Waals surface area contributed by atoms with Crippen molar-refractivity contribution in [3.8, 4) is 11.1 Å². The molecule has 0 N–H and O–H groups in total. The zero-order valence-corrected chi connectivity index (χ0v) is 45.8. The first kappa shape index (κ1) is 47.3. The number of para-hydroxylation sites is 1. The summed E-state index contributed by atoms with van der Waals surface area (Å²) in [6.07, 6.45) is 4.90. The summed E-state index contributed by atoms with van der Waals surface area (Å²) < 4.78 is 0. The molecule has 0 aromatic heterocycles. The van der Waals surface area contributed by atoms with E-state index < -0.39 is 0 Å². The molecule has 0 bridgehead atoms. The first-order valence-electron chi connectivity index (χ1n) is 26.7. The van der Waals surface area contributed by atoms with E-state index >= 15 is 0 Å². The van der Waals surface area contributed by atoms with Gasteiger partial charge in [-0.15, -0.1) is 0 Å². The van der Waals surface area contributed by atoms with E-state index in [4.69, 9.17) is 0 Å². The van der Waals surface area contributed by atoms with Gasteiger partial charge < -0.3 is 14.7 Å². The molecule has 0 spiro atoms. The van der Waals surface area contributed by atoms with Crippen LogP contribution in [-0.4, -0.2) is 12.3 Å². The lowest BCUT2D eigenvalue weighted by atomic mass is 9.33. The molecule has 7 aromatic carbocycles. The van der Waals surface area contributed by atoms with E-state index in [1.54, 1.807) is 0 Å². The van der Waals surface area contributed by atoms with Crippen molar-refractivity contribution in [2.75, 3.05) is 14.7 Å². The van der Waals surface area contributed by atoms with Gasteiger partial charge in [-0.2, -0.15) is 0 Å². The van der Waals surface area contributed by atoms with E-state index in [0.717, 1.165) is 0 Å². The lowest BCUT2D eigenvalue weighted by molar-refractivity contribution is 0.195. The first-order chi connectivity index (χ1) is 33.4. The average molecular weight is 934 g/mol. The second kappa shape index (κ2) is 16.0. The molecule has 1 saturated carbocycles. The third-order valence-electron chi connectivity index (χ3n) is 17.7. The molecule has 7 aromatic rings. The van der Waals surface area contributed by atoms with Crippen molar-refractivity contribution in [2.24, 2.45) is 0 Å². The Morgan fingerprint density at radius 3 is 1.59 bits per heavy atom. The highest BCUT2D eigenvalue weighted by Crippen LogP contribution is 2.61. The number of nitrogens with zero attached hydrogens (tertiary/aromatic N) is 3. The summed E-state index contributed by atoms with van der Waals surface area (Å²) in [6, 6.07) is 48.6. The largest absolute Gasteiger partial charge is 0.334 e. The van der Waals surface area contributed by atoms with Crippen molar-refractivity contribution in [2.45, 2.75) is 164 Å². The van der Waals surface area contributed by atoms with Crippen LogP contribution in [0.3, 0.4) is 0 Å². The van der Waals surface area contributed by atoms with E-state index in [-0.39, 0.29) is 33.9 Å². The minimum Gasteiger partial charge on any atom is -0.334 e. The van der Waals surface area contributed by atoms with Gasteiger partial charge in [0, 0.05) is 45.2 Å². The van der Waals surface area contributed by atoms with Gasteiger partial charge in [0.1, 0.15) is 0 Å². The summed E-state index contributed by atoms with van der Waals surface area (Å²) >= 11 is 0. The predicted molar refractivity (Wildman–Crippen MR) is 308 cm³/mol. The van der Waals surface area contributed by atoms with E-state index in [9.17, 15) is 0 Å². The molecule has 0 saturated heterocycles. The van der Waals surface area contributed by atoms with Gasteiger partial charge in [-0.3, -0.25) is 0 Å². The first-order valence-corrected chi connectivity index (χ1v) is 26.7. The van der Waals surface area contributed by atoms with Crippen molar-refractivity contribution in [1.29, 1.82) is 0 Å². The predicted octanol–water partition coefficient (Wildman–Crippen LogP) is 16.6. The SMILES string of the molecule is Cc1cc2c3c(c1)N(c1c(C)cc(C(C)(C)C)cc1C)c1cc(-c4c(C)cc(C(C)(C)C)cc4C)ccc1B3c1ccc(N3c4ccccc4C4(C)CCCCC34C)cc1N2c1ccc(C(C)(C)C)cc1. The normalized spacial score (nSPS) is 19.3. The molecule has 3 nitrogen and oxygen atoms in total. The molecule has 362 valence electrons. The van der Waals surface area contributed by atoms with Crippen LogP contribution in [0.4, 0.5) is 45.5 Å². The van der Waals surface area contributed by atoms with Gasteiger partial charge in [0.15, 0.2) is 0 Å².